The molecule has 0 bridgehead atoms. The molecule has 5 heteroatoms. The van der Waals surface area contributed by atoms with Crippen LogP contribution in [0.2, 0.25) is 0 Å². The van der Waals surface area contributed by atoms with Gasteiger partial charge in [-0.05, 0) is 33.7 Å². The van der Waals surface area contributed by atoms with Crippen molar-refractivity contribution in [1.82, 2.24) is 9.97 Å². The molecule has 0 aromatic carbocycles. The highest BCUT2D eigenvalue weighted by atomic mass is 16.5. The summed E-state index contributed by atoms with van der Waals surface area (Å²) >= 11 is 0. The van der Waals surface area contributed by atoms with Crippen molar-refractivity contribution in [3.63, 3.8) is 0 Å². The minimum absolute atomic E-state index is 0.103. The van der Waals surface area contributed by atoms with E-state index in [0.717, 1.165) is 12.2 Å². The van der Waals surface area contributed by atoms with Crippen molar-refractivity contribution < 1.29 is 4.74 Å². The van der Waals surface area contributed by atoms with Crippen LogP contribution >= 0.6 is 0 Å². The quantitative estimate of drug-likeness (QED) is 0.812. The van der Waals surface area contributed by atoms with E-state index in [1.165, 1.54) is 0 Å². The second-order valence-corrected chi connectivity index (χ2v) is 4.42. The Labute approximate surface area is 103 Å². The molecule has 0 aliphatic rings. The van der Waals surface area contributed by atoms with Gasteiger partial charge in [0, 0.05) is 13.1 Å². The molecular formula is C12H22N4O. The highest BCUT2D eigenvalue weighted by Crippen LogP contribution is 2.16. The van der Waals surface area contributed by atoms with Gasteiger partial charge in [0.2, 0.25) is 5.88 Å². The molecule has 0 saturated carbocycles. The van der Waals surface area contributed by atoms with Gasteiger partial charge in [-0.2, -0.15) is 4.98 Å². The first-order valence-electron chi connectivity index (χ1n) is 5.96. The highest BCUT2D eigenvalue weighted by molar-refractivity contribution is 5.37. The molecule has 17 heavy (non-hydrogen) atoms. The van der Waals surface area contributed by atoms with Gasteiger partial charge in [-0.15, -0.1) is 0 Å². The molecule has 96 valence electrons. The Morgan fingerprint density at radius 2 is 2.06 bits per heavy atom. The Balaban J connectivity index is 2.76. The third-order valence-corrected chi connectivity index (χ3v) is 2.56. The number of nitrogens with zero attached hydrogens (tertiary/aromatic N) is 3. The van der Waals surface area contributed by atoms with Crippen LogP contribution in [0.3, 0.4) is 0 Å². The Kier molecular flexibility index (Phi) is 5.15. The number of hydrogen-bond acceptors (Lipinski definition) is 5. The molecule has 0 radical (unpaired) electrons. The van der Waals surface area contributed by atoms with E-state index < -0.39 is 0 Å². The zero-order valence-electron chi connectivity index (χ0n) is 11.1. The molecule has 0 spiro atoms. The van der Waals surface area contributed by atoms with Gasteiger partial charge in [-0.25, -0.2) is 0 Å². The normalized spacial score (nSPS) is 12.6. The summed E-state index contributed by atoms with van der Waals surface area (Å²) in [6, 6.07) is 0.337. The van der Waals surface area contributed by atoms with Gasteiger partial charge in [-0.3, -0.25) is 4.98 Å². The number of aromatic nitrogens is 2. The van der Waals surface area contributed by atoms with Crippen LogP contribution in [-0.4, -0.2) is 35.7 Å². The van der Waals surface area contributed by atoms with Crippen LogP contribution in [0.25, 0.3) is 0 Å². The molecule has 5 nitrogen and oxygen atoms in total. The minimum Gasteiger partial charge on any atom is -0.474 e. The molecule has 1 heterocycles. The topological polar surface area (TPSA) is 64.3 Å². The molecule has 1 rings (SSSR count). The standard InChI is InChI=1S/C12H22N4O/c1-9(2)17-12-8-14-7-11(15-12)16(4)10(3)5-6-13/h7-10H,5-6,13H2,1-4H3. The first-order valence-corrected chi connectivity index (χ1v) is 5.96. The maximum atomic E-state index is 5.55. The zero-order chi connectivity index (χ0) is 12.8. The maximum Gasteiger partial charge on any atom is 0.234 e. The molecule has 1 unspecified atom stereocenters. The Bertz CT molecular complexity index is 343. The van der Waals surface area contributed by atoms with Crippen LogP contribution in [-0.2, 0) is 0 Å². The smallest absolute Gasteiger partial charge is 0.234 e. The largest absolute Gasteiger partial charge is 0.474 e. The minimum atomic E-state index is 0.103. The summed E-state index contributed by atoms with van der Waals surface area (Å²) in [6.07, 6.45) is 4.39. The molecular weight excluding hydrogens is 216 g/mol. The molecule has 1 atom stereocenters. The van der Waals surface area contributed by atoms with Crippen LogP contribution in [0, 0.1) is 0 Å². The van der Waals surface area contributed by atoms with Gasteiger partial charge in [0.05, 0.1) is 18.5 Å². The van der Waals surface area contributed by atoms with Crippen LogP contribution < -0.4 is 15.4 Å². The fourth-order valence-corrected chi connectivity index (χ4v) is 1.47. The van der Waals surface area contributed by atoms with Crippen LogP contribution in [0.15, 0.2) is 12.4 Å². The number of ether oxygens (including phenoxy) is 1. The summed E-state index contributed by atoms with van der Waals surface area (Å²) in [5.74, 6) is 1.37. The summed E-state index contributed by atoms with van der Waals surface area (Å²) < 4.78 is 5.52. The van der Waals surface area contributed by atoms with Gasteiger partial charge in [0.1, 0.15) is 0 Å². The average Bonchev–Trinajstić information content (AvgIpc) is 2.28. The van der Waals surface area contributed by atoms with Crippen molar-refractivity contribution in [3.05, 3.63) is 12.4 Å². The molecule has 0 amide bonds. The molecule has 1 aromatic heterocycles. The van der Waals surface area contributed by atoms with Gasteiger partial charge >= 0.3 is 0 Å². The molecule has 0 saturated heterocycles. The lowest BCUT2D eigenvalue weighted by Crippen LogP contribution is -2.31. The van der Waals surface area contributed by atoms with E-state index in [1.54, 1.807) is 12.4 Å². The van der Waals surface area contributed by atoms with Gasteiger partial charge in [0.25, 0.3) is 0 Å². The van der Waals surface area contributed by atoms with Gasteiger partial charge in [0.15, 0.2) is 5.82 Å². The highest BCUT2D eigenvalue weighted by Gasteiger charge is 2.12. The predicted molar refractivity (Wildman–Crippen MR) is 69.3 cm³/mol. The third-order valence-electron chi connectivity index (χ3n) is 2.56. The number of anilines is 1. The summed E-state index contributed by atoms with van der Waals surface area (Å²) in [5.41, 5.74) is 5.55. The Hall–Kier alpha value is -1.36. The summed E-state index contributed by atoms with van der Waals surface area (Å²) in [4.78, 5) is 10.6. The fraction of sp³-hybridized carbons (Fsp3) is 0.667. The van der Waals surface area contributed by atoms with Crippen molar-refractivity contribution in [3.8, 4) is 5.88 Å². The molecule has 0 fully saturated rings. The molecule has 0 aliphatic heterocycles. The number of rotatable bonds is 6. The van der Waals surface area contributed by atoms with Crippen molar-refractivity contribution in [2.45, 2.75) is 39.3 Å². The van der Waals surface area contributed by atoms with Crippen LogP contribution in [0.1, 0.15) is 27.2 Å². The van der Waals surface area contributed by atoms with E-state index in [4.69, 9.17) is 10.5 Å². The summed E-state index contributed by atoms with van der Waals surface area (Å²) in [5, 5.41) is 0. The second-order valence-electron chi connectivity index (χ2n) is 4.42. The summed E-state index contributed by atoms with van der Waals surface area (Å²) in [6.45, 7) is 6.72. The summed E-state index contributed by atoms with van der Waals surface area (Å²) in [7, 11) is 1.99. The molecule has 0 aliphatic carbocycles. The number of hydrogen-bond donors (Lipinski definition) is 1. The van der Waals surface area contributed by atoms with Gasteiger partial charge < -0.3 is 15.4 Å². The van der Waals surface area contributed by atoms with Crippen molar-refractivity contribution in [2.24, 2.45) is 5.73 Å². The van der Waals surface area contributed by atoms with E-state index in [1.807, 2.05) is 20.9 Å². The van der Waals surface area contributed by atoms with Crippen molar-refractivity contribution in [2.75, 3.05) is 18.5 Å². The van der Waals surface area contributed by atoms with E-state index in [9.17, 15) is 0 Å². The van der Waals surface area contributed by atoms with E-state index in [2.05, 4.69) is 21.8 Å². The lowest BCUT2D eigenvalue weighted by Gasteiger charge is -2.25. The monoisotopic (exact) mass is 238 g/mol. The van der Waals surface area contributed by atoms with E-state index in [0.29, 0.717) is 18.5 Å². The Morgan fingerprint density at radius 3 is 2.65 bits per heavy atom. The average molecular weight is 238 g/mol. The fourth-order valence-electron chi connectivity index (χ4n) is 1.47. The van der Waals surface area contributed by atoms with Crippen LogP contribution in [0.4, 0.5) is 5.82 Å². The van der Waals surface area contributed by atoms with Crippen molar-refractivity contribution >= 4 is 5.82 Å². The maximum absolute atomic E-state index is 5.55. The molecule has 2 N–H and O–H groups in total. The second kappa shape index (κ2) is 6.39. The van der Waals surface area contributed by atoms with Gasteiger partial charge in [-0.1, -0.05) is 0 Å². The lowest BCUT2D eigenvalue weighted by molar-refractivity contribution is 0.231. The van der Waals surface area contributed by atoms with Crippen LogP contribution in [0.5, 0.6) is 5.88 Å². The third kappa shape index (κ3) is 4.19. The SMILES string of the molecule is CC(C)Oc1cncc(N(C)C(C)CCN)n1. The lowest BCUT2D eigenvalue weighted by atomic mass is 10.2. The first-order chi connectivity index (χ1) is 8.04. The first kappa shape index (κ1) is 13.7. The Morgan fingerprint density at radius 1 is 1.35 bits per heavy atom. The predicted octanol–water partition coefficient (Wildman–Crippen LogP) is 1.44. The van der Waals surface area contributed by atoms with E-state index in [-0.39, 0.29) is 6.10 Å². The number of nitrogens with two attached hydrogens (primary N) is 1. The zero-order valence-corrected chi connectivity index (χ0v) is 11.1. The molecule has 1 aromatic rings. The van der Waals surface area contributed by atoms with Crippen molar-refractivity contribution in [1.29, 1.82) is 0 Å². The van der Waals surface area contributed by atoms with E-state index >= 15 is 0 Å².